The minimum atomic E-state index is -4.57. The summed E-state index contributed by atoms with van der Waals surface area (Å²) >= 11 is 0. The lowest BCUT2D eigenvalue weighted by molar-refractivity contribution is -0.137. The minimum absolute atomic E-state index is 0.0547. The van der Waals surface area contributed by atoms with Crippen LogP contribution in [-0.2, 0) is 12.7 Å². The molecule has 2 aromatic heterocycles. The highest BCUT2D eigenvalue weighted by Gasteiger charge is 2.31. The van der Waals surface area contributed by atoms with E-state index in [-0.39, 0.29) is 17.5 Å². The third-order valence-electron chi connectivity index (χ3n) is 5.45. The van der Waals surface area contributed by atoms with Crippen molar-refractivity contribution in [3.63, 3.8) is 0 Å². The number of fused-ring (bicyclic) bond motifs is 1. The van der Waals surface area contributed by atoms with Gasteiger partial charge in [0.2, 0.25) is 0 Å². The van der Waals surface area contributed by atoms with E-state index in [4.69, 9.17) is 9.15 Å². The Morgan fingerprint density at radius 2 is 1.81 bits per heavy atom. The van der Waals surface area contributed by atoms with Crippen LogP contribution in [0.2, 0.25) is 0 Å². The van der Waals surface area contributed by atoms with Gasteiger partial charge in [-0.05, 0) is 42.0 Å². The number of carbonyl (C=O) groups excluding carboxylic acids is 1. The van der Waals surface area contributed by atoms with Crippen LogP contribution in [0.5, 0.6) is 5.75 Å². The van der Waals surface area contributed by atoms with Gasteiger partial charge in [0.05, 0.1) is 24.7 Å². The van der Waals surface area contributed by atoms with Crippen molar-refractivity contribution in [3.05, 3.63) is 89.5 Å². The molecule has 0 saturated carbocycles. The number of amides is 1. The lowest BCUT2D eigenvalue weighted by Gasteiger charge is -2.07. The first-order valence-electron chi connectivity index (χ1n) is 10.7. The number of alkyl halides is 3. The Hall–Kier alpha value is -4.67. The number of hydrogen-bond acceptors (Lipinski definition) is 6. The molecule has 0 aliphatic heterocycles. The summed E-state index contributed by atoms with van der Waals surface area (Å²) in [6.45, 7) is 0.470. The number of carbonyl (C=O) groups is 1. The quantitative estimate of drug-likeness (QED) is 0.340. The minimum Gasteiger partial charge on any atom is -0.497 e. The van der Waals surface area contributed by atoms with Crippen LogP contribution >= 0.6 is 0 Å². The van der Waals surface area contributed by atoms with Gasteiger partial charge < -0.3 is 9.15 Å². The van der Waals surface area contributed by atoms with Gasteiger partial charge in [0, 0.05) is 10.9 Å². The highest BCUT2D eigenvalue weighted by molar-refractivity contribution is 6.03. The first kappa shape index (κ1) is 23.1. The van der Waals surface area contributed by atoms with Crippen LogP contribution in [0, 0.1) is 0 Å². The second kappa shape index (κ2) is 9.17. The van der Waals surface area contributed by atoms with Crippen molar-refractivity contribution in [1.82, 2.24) is 20.0 Å². The Kier molecular flexibility index (Phi) is 5.88. The molecule has 0 radical (unpaired) electrons. The van der Waals surface area contributed by atoms with Gasteiger partial charge in [0.15, 0.2) is 5.69 Å². The molecule has 0 bridgehead atoms. The molecular weight excluding hydrogens is 475 g/mol. The molecular formula is C25H18F3N5O3. The van der Waals surface area contributed by atoms with E-state index in [1.165, 1.54) is 6.07 Å². The van der Waals surface area contributed by atoms with E-state index in [0.29, 0.717) is 12.2 Å². The number of methoxy groups -OCH3 is 1. The summed E-state index contributed by atoms with van der Waals surface area (Å²) in [6, 6.07) is 18.9. The third kappa shape index (κ3) is 4.63. The number of para-hydroxylation sites is 1. The number of aromatic nitrogens is 4. The van der Waals surface area contributed by atoms with Gasteiger partial charge in [0.25, 0.3) is 11.8 Å². The van der Waals surface area contributed by atoms with E-state index in [9.17, 15) is 18.0 Å². The fourth-order valence-electron chi connectivity index (χ4n) is 3.69. The number of halogens is 3. The van der Waals surface area contributed by atoms with Gasteiger partial charge in [-0.1, -0.05) is 41.5 Å². The normalized spacial score (nSPS) is 11.6. The maximum Gasteiger partial charge on any atom is 0.416 e. The summed E-state index contributed by atoms with van der Waals surface area (Å²) in [5.74, 6) is -0.0134. The standard InChI is InChI=1S/C25H18F3N5O3/c1-35-18-11-9-15(10-12-18)14-33-20-8-3-2-7-19(20)21(32-33)23-30-31-24(36-23)29-22(34)16-5-4-6-17(13-16)25(26,27)28/h2-13H,14H2,1H3,(H,29,31,34). The lowest BCUT2D eigenvalue weighted by atomic mass is 10.1. The smallest absolute Gasteiger partial charge is 0.416 e. The van der Waals surface area contributed by atoms with Crippen molar-refractivity contribution in [2.75, 3.05) is 12.4 Å². The molecule has 2 heterocycles. The van der Waals surface area contributed by atoms with Crippen LogP contribution in [0.3, 0.4) is 0 Å². The molecule has 0 atom stereocenters. The number of ether oxygens (including phenoxy) is 1. The Morgan fingerprint density at radius 3 is 2.56 bits per heavy atom. The van der Waals surface area contributed by atoms with Crippen LogP contribution in [0.4, 0.5) is 19.2 Å². The molecule has 3 aromatic carbocycles. The second-order valence-electron chi connectivity index (χ2n) is 7.82. The van der Waals surface area contributed by atoms with E-state index in [1.54, 1.807) is 11.8 Å². The zero-order chi connectivity index (χ0) is 25.3. The van der Waals surface area contributed by atoms with Crippen LogP contribution in [0.25, 0.3) is 22.5 Å². The highest BCUT2D eigenvalue weighted by Crippen LogP contribution is 2.31. The van der Waals surface area contributed by atoms with Gasteiger partial charge in [0.1, 0.15) is 5.75 Å². The van der Waals surface area contributed by atoms with Crippen molar-refractivity contribution in [1.29, 1.82) is 0 Å². The van der Waals surface area contributed by atoms with E-state index in [1.807, 2.05) is 48.5 Å². The summed E-state index contributed by atoms with van der Waals surface area (Å²) in [5.41, 5.74) is 1.10. The predicted molar refractivity (Wildman–Crippen MR) is 125 cm³/mol. The molecule has 11 heteroatoms. The van der Waals surface area contributed by atoms with Crippen LogP contribution in [0.15, 0.2) is 77.2 Å². The fourth-order valence-corrected chi connectivity index (χ4v) is 3.69. The summed E-state index contributed by atoms with van der Waals surface area (Å²) in [7, 11) is 1.60. The maximum absolute atomic E-state index is 13.0. The van der Waals surface area contributed by atoms with Crippen molar-refractivity contribution in [2.24, 2.45) is 0 Å². The summed E-state index contributed by atoms with van der Waals surface area (Å²) in [6.07, 6.45) is -4.57. The molecule has 0 unspecified atom stereocenters. The largest absolute Gasteiger partial charge is 0.497 e. The van der Waals surface area contributed by atoms with Gasteiger partial charge >= 0.3 is 12.2 Å². The number of anilines is 1. The van der Waals surface area contributed by atoms with Crippen LogP contribution < -0.4 is 10.1 Å². The SMILES string of the molecule is COc1ccc(Cn2nc(-c3nnc(NC(=O)c4cccc(C(F)(F)F)c4)o3)c3ccccc32)cc1. The molecule has 8 nitrogen and oxygen atoms in total. The summed E-state index contributed by atoms with van der Waals surface area (Å²) in [4.78, 5) is 12.5. The average Bonchev–Trinajstić information content (AvgIpc) is 3.49. The monoisotopic (exact) mass is 493 g/mol. The zero-order valence-corrected chi connectivity index (χ0v) is 18.8. The van der Waals surface area contributed by atoms with Crippen molar-refractivity contribution in [3.8, 4) is 17.3 Å². The highest BCUT2D eigenvalue weighted by atomic mass is 19.4. The molecule has 0 saturated heterocycles. The van der Waals surface area contributed by atoms with E-state index < -0.39 is 17.6 Å². The summed E-state index contributed by atoms with van der Waals surface area (Å²) < 4.78 is 51.5. The van der Waals surface area contributed by atoms with Crippen molar-refractivity contribution in [2.45, 2.75) is 12.7 Å². The molecule has 5 rings (SSSR count). The van der Waals surface area contributed by atoms with Crippen molar-refractivity contribution >= 4 is 22.8 Å². The molecule has 1 N–H and O–H groups in total. The fraction of sp³-hybridized carbons (Fsp3) is 0.120. The molecule has 0 aliphatic carbocycles. The van der Waals surface area contributed by atoms with Crippen LogP contribution in [-0.4, -0.2) is 33.0 Å². The Balaban J connectivity index is 1.40. The number of rotatable bonds is 6. The lowest BCUT2D eigenvalue weighted by Crippen LogP contribution is -2.14. The predicted octanol–water partition coefficient (Wildman–Crippen LogP) is 5.41. The first-order valence-corrected chi connectivity index (χ1v) is 10.7. The van der Waals surface area contributed by atoms with E-state index in [0.717, 1.165) is 40.4 Å². The average molecular weight is 493 g/mol. The second-order valence-corrected chi connectivity index (χ2v) is 7.82. The molecule has 0 fully saturated rings. The van der Waals surface area contributed by atoms with E-state index in [2.05, 4.69) is 20.6 Å². The molecule has 1 amide bonds. The molecule has 0 spiro atoms. The number of hydrogen-bond donors (Lipinski definition) is 1. The van der Waals surface area contributed by atoms with Crippen LogP contribution in [0.1, 0.15) is 21.5 Å². The van der Waals surface area contributed by atoms with Crippen molar-refractivity contribution < 1.29 is 27.1 Å². The maximum atomic E-state index is 13.0. The first-order chi connectivity index (χ1) is 17.3. The Bertz CT molecular complexity index is 1540. The molecule has 5 aromatic rings. The van der Waals surface area contributed by atoms with Gasteiger partial charge in [-0.15, -0.1) is 5.10 Å². The Labute approximate surface area is 202 Å². The topological polar surface area (TPSA) is 95.1 Å². The molecule has 0 aliphatic rings. The number of nitrogens with zero attached hydrogens (tertiary/aromatic N) is 4. The van der Waals surface area contributed by atoms with Gasteiger partial charge in [-0.25, -0.2) is 0 Å². The third-order valence-corrected chi connectivity index (χ3v) is 5.45. The number of benzene rings is 3. The zero-order valence-electron chi connectivity index (χ0n) is 18.8. The summed E-state index contributed by atoms with van der Waals surface area (Å²) in [5, 5.41) is 15.5. The van der Waals surface area contributed by atoms with Gasteiger partial charge in [-0.2, -0.15) is 18.3 Å². The van der Waals surface area contributed by atoms with E-state index >= 15 is 0 Å². The van der Waals surface area contributed by atoms with Gasteiger partial charge in [-0.3, -0.25) is 14.8 Å². The molecule has 182 valence electrons. The Morgan fingerprint density at radius 1 is 1.03 bits per heavy atom. The number of nitrogens with one attached hydrogen (secondary N) is 1. The molecule has 36 heavy (non-hydrogen) atoms.